The maximum Gasteiger partial charge on any atom is 0.323 e. The van der Waals surface area contributed by atoms with E-state index in [9.17, 15) is 4.79 Å². The van der Waals surface area contributed by atoms with Gasteiger partial charge in [0.1, 0.15) is 0 Å². The Morgan fingerprint density at radius 1 is 1.50 bits per heavy atom. The third-order valence-corrected chi connectivity index (χ3v) is 3.10. The van der Waals surface area contributed by atoms with Crippen LogP contribution in [0, 0.1) is 0 Å². The van der Waals surface area contributed by atoms with Crippen LogP contribution < -0.4 is 4.90 Å². The fourth-order valence-corrected chi connectivity index (χ4v) is 2.16. The summed E-state index contributed by atoms with van der Waals surface area (Å²) < 4.78 is 0. The number of hydrogen-bond donors (Lipinski definition) is 1. The summed E-state index contributed by atoms with van der Waals surface area (Å²) in [5, 5.41) is 12.8. The first-order valence-corrected chi connectivity index (χ1v) is 5.92. The first kappa shape index (κ1) is 12.7. The van der Waals surface area contributed by atoms with E-state index in [-0.39, 0.29) is 6.03 Å². The monoisotopic (exact) mass is 267 g/mol. The number of nitrogens with zero attached hydrogens (tertiary/aromatic N) is 3. The third kappa shape index (κ3) is 2.13. The van der Waals surface area contributed by atoms with Crippen molar-refractivity contribution in [3.8, 4) is 0 Å². The minimum atomic E-state index is -0.101. The molecule has 96 valence electrons. The highest BCUT2D eigenvalue weighted by atomic mass is 35.5. The second-order valence-electron chi connectivity index (χ2n) is 4.29. The van der Waals surface area contributed by atoms with Crippen LogP contribution >= 0.6 is 11.6 Å². The van der Waals surface area contributed by atoms with E-state index < -0.39 is 0 Å². The molecular formula is C12H14ClN3O2. The minimum Gasteiger partial charge on any atom is -0.411 e. The number of urea groups is 1. The van der Waals surface area contributed by atoms with Gasteiger partial charge in [0, 0.05) is 37.6 Å². The highest BCUT2D eigenvalue weighted by molar-refractivity contribution is 6.31. The number of rotatable bonds is 0. The molecule has 1 heterocycles. The predicted molar refractivity (Wildman–Crippen MR) is 70.8 cm³/mol. The topological polar surface area (TPSA) is 56.1 Å². The van der Waals surface area contributed by atoms with Crippen LogP contribution in [0.3, 0.4) is 0 Å². The minimum absolute atomic E-state index is 0.101. The zero-order valence-corrected chi connectivity index (χ0v) is 11.0. The average molecular weight is 268 g/mol. The van der Waals surface area contributed by atoms with E-state index in [0.717, 1.165) is 5.69 Å². The van der Waals surface area contributed by atoms with E-state index in [1.54, 1.807) is 37.2 Å². The Hall–Kier alpha value is -1.75. The van der Waals surface area contributed by atoms with Crippen molar-refractivity contribution in [2.24, 2.45) is 5.16 Å². The molecule has 0 saturated carbocycles. The smallest absolute Gasteiger partial charge is 0.323 e. The zero-order valence-electron chi connectivity index (χ0n) is 10.2. The van der Waals surface area contributed by atoms with Gasteiger partial charge in [-0.1, -0.05) is 16.8 Å². The lowest BCUT2D eigenvalue weighted by atomic mass is 10.00. The van der Waals surface area contributed by atoms with E-state index >= 15 is 0 Å². The Labute approximate surface area is 110 Å². The summed E-state index contributed by atoms with van der Waals surface area (Å²) >= 11 is 5.94. The van der Waals surface area contributed by atoms with Crippen molar-refractivity contribution in [3.05, 3.63) is 28.8 Å². The normalized spacial score (nSPS) is 16.6. The van der Waals surface area contributed by atoms with E-state index in [2.05, 4.69) is 5.16 Å². The lowest BCUT2D eigenvalue weighted by Crippen LogP contribution is -2.43. The van der Waals surface area contributed by atoms with Gasteiger partial charge in [-0.25, -0.2) is 4.79 Å². The molecule has 0 bridgehead atoms. The SMILES string of the molecule is CN(C)C(=O)N1CCC(=NO)c2cc(Cl)ccc21. The van der Waals surface area contributed by atoms with Crippen molar-refractivity contribution >= 4 is 29.0 Å². The number of benzene rings is 1. The lowest BCUT2D eigenvalue weighted by Gasteiger charge is -2.31. The van der Waals surface area contributed by atoms with Gasteiger partial charge in [0.05, 0.1) is 11.4 Å². The average Bonchev–Trinajstić information content (AvgIpc) is 2.36. The molecular weight excluding hydrogens is 254 g/mol. The molecule has 5 nitrogen and oxygen atoms in total. The summed E-state index contributed by atoms with van der Waals surface area (Å²) in [6, 6.07) is 5.09. The molecule has 1 N–H and O–H groups in total. The Morgan fingerprint density at radius 3 is 2.83 bits per heavy atom. The number of oxime groups is 1. The molecule has 1 aromatic rings. The Kier molecular flexibility index (Phi) is 3.43. The quantitative estimate of drug-likeness (QED) is 0.580. The van der Waals surface area contributed by atoms with Gasteiger partial charge in [-0.3, -0.25) is 4.90 Å². The highest BCUT2D eigenvalue weighted by Gasteiger charge is 2.27. The van der Waals surface area contributed by atoms with Gasteiger partial charge in [0.25, 0.3) is 0 Å². The highest BCUT2D eigenvalue weighted by Crippen LogP contribution is 2.30. The van der Waals surface area contributed by atoms with Crippen molar-refractivity contribution in [3.63, 3.8) is 0 Å². The standard InChI is InChI=1S/C12H14ClN3O2/c1-15(2)12(17)16-6-5-10(14-18)9-7-8(13)3-4-11(9)16/h3-4,7,18H,5-6H2,1-2H3. The van der Waals surface area contributed by atoms with Crippen LogP contribution in [-0.2, 0) is 0 Å². The van der Waals surface area contributed by atoms with Crippen molar-refractivity contribution in [1.82, 2.24) is 4.90 Å². The molecule has 2 amide bonds. The number of carbonyl (C=O) groups excluding carboxylic acids is 1. The molecule has 0 fully saturated rings. The second kappa shape index (κ2) is 4.86. The number of amides is 2. The molecule has 0 saturated heterocycles. The molecule has 18 heavy (non-hydrogen) atoms. The summed E-state index contributed by atoms with van der Waals surface area (Å²) in [6.07, 6.45) is 0.503. The largest absolute Gasteiger partial charge is 0.411 e. The van der Waals surface area contributed by atoms with Gasteiger partial charge in [-0.05, 0) is 18.2 Å². The van der Waals surface area contributed by atoms with E-state index in [1.807, 2.05) is 0 Å². The molecule has 1 aliphatic heterocycles. The Balaban J connectivity index is 2.50. The second-order valence-corrected chi connectivity index (χ2v) is 4.72. The zero-order chi connectivity index (χ0) is 13.3. The summed E-state index contributed by atoms with van der Waals surface area (Å²) in [6.45, 7) is 0.491. The van der Waals surface area contributed by atoms with Crippen LogP contribution in [0.1, 0.15) is 12.0 Å². The van der Waals surface area contributed by atoms with Gasteiger partial charge < -0.3 is 10.1 Å². The van der Waals surface area contributed by atoms with Crippen LogP contribution in [-0.4, -0.2) is 42.5 Å². The Morgan fingerprint density at radius 2 is 2.22 bits per heavy atom. The van der Waals surface area contributed by atoms with Gasteiger partial charge in [0.2, 0.25) is 0 Å². The van der Waals surface area contributed by atoms with Crippen LogP contribution in [0.2, 0.25) is 5.02 Å². The van der Waals surface area contributed by atoms with Gasteiger partial charge >= 0.3 is 6.03 Å². The van der Waals surface area contributed by atoms with Crippen molar-refractivity contribution in [1.29, 1.82) is 0 Å². The first-order valence-electron chi connectivity index (χ1n) is 5.54. The lowest BCUT2D eigenvalue weighted by molar-refractivity contribution is 0.224. The van der Waals surface area contributed by atoms with Crippen LogP contribution in [0.15, 0.2) is 23.4 Å². The molecule has 2 rings (SSSR count). The number of hydrogen-bond acceptors (Lipinski definition) is 3. The van der Waals surface area contributed by atoms with Crippen molar-refractivity contribution in [2.75, 3.05) is 25.5 Å². The van der Waals surface area contributed by atoms with Crippen molar-refractivity contribution in [2.45, 2.75) is 6.42 Å². The Bertz CT molecular complexity index is 514. The third-order valence-electron chi connectivity index (χ3n) is 2.87. The molecule has 1 aliphatic rings. The number of fused-ring (bicyclic) bond motifs is 1. The molecule has 1 aromatic carbocycles. The van der Waals surface area contributed by atoms with Crippen LogP contribution in [0.4, 0.5) is 10.5 Å². The molecule has 0 spiro atoms. The summed E-state index contributed by atoms with van der Waals surface area (Å²) in [5.74, 6) is 0. The van der Waals surface area contributed by atoms with E-state index in [0.29, 0.717) is 29.3 Å². The number of halogens is 1. The number of anilines is 1. The molecule has 6 heteroatoms. The van der Waals surface area contributed by atoms with Gasteiger partial charge in [-0.15, -0.1) is 0 Å². The van der Waals surface area contributed by atoms with Gasteiger partial charge in [0.15, 0.2) is 0 Å². The molecule has 0 aliphatic carbocycles. The van der Waals surface area contributed by atoms with Crippen molar-refractivity contribution < 1.29 is 10.0 Å². The van der Waals surface area contributed by atoms with Crippen LogP contribution in [0.25, 0.3) is 0 Å². The van der Waals surface area contributed by atoms with E-state index in [1.165, 1.54) is 4.90 Å². The fraction of sp³-hybridized carbons (Fsp3) is 0.333. The summed E-state index contributed by atoms with van der Waals surface area (Å²) in [7, 11) is 3.40. The van der Waals surface area contributed by atoms with Crippen LogP contribution in [0.5, 0.6) is 0 Å². The molecule has 0 unspecified atom stereocenters. The summed E-state index contributed by atoms with van der Waals surface area (Å²) in [4.78, 5) is 15.2. The molecule has 0 aromatic heterocycles. The maximum atomic E-state index is 12.1. The van der Waals surface area contributed by atoms with Gasteiger partial charge in [-0.2, -0.15) is 0 Å². The first-order chi connectivity index (χ1) is 8.54. The molecule has 0 atom stereocenters. The molecule has 0 radical (unpaired) electrons. The number of carbonyl (C=O) groups is 1. The van der Waals surface area contributed by atoms with E-state index in [4.69, 9.17) is 16.8 Å². The predicted octanol–water partition coefficient (Wildman–Crippen LogP) is 2.41. The fourth-order valence-electron chi connectivity index (χ4n) is 1.99. The maximum absolute atomic E-state index is 12.1. The summed E-state index contributed by atoms with van der Waals surface area (Å²) in [5.41, 5.74) is 1.97.